The van der Waals surface area contributed by atoms with Crippen molar-refractivity contribution in [3.05, 3.63) is 33.3 Å². The lowest BCUT2D eigenvalue weighted by Crippen LogP contribution is -2.32. The molecule has 2 rings (SSSR count). The number of likely N-dealkylation sites (tertiary alicyclic amines) is 1. The van der Waals surface area contributed by atoms with Crippen molar-refractivity contribution in [2.45, 2.75) is 13.3 Å². The Kier molecular flexibility index (Phi) is 3.54. The Balaban J connectivity index is 2.25. The van der Waals surface area contributed by atoms with E-state index >= 15 is 0 Å². The summed E-state index contributed by atoms with van der Waals surface area (Å²) in [4.78, 5) is 25.0. The van der Waals surface area contributed by atoms with E-state index in [0.717, 1.165) is 0 Å². The van der Waals surface area contributed by atoms with Crippen molar-refractivity contribution >= 4 is 39.3 Å². The molecule has 0 saturated carbocycles. The molecule has 0 bridgehead atoms. The van der Waals surface area contributed by atoms with Crippen LogP contribution in [0, 0.1) is 5.92 Å². The number of halogens is 2. The van der Waals surface area contributed by atoms with E-state index in [-0.39, 0.29) is 17.7 Å². The summed E-state index contributed by atoms with van der Waals surface area (Å²) in [7, 11) is 0. The number of hydrogen-bond donors (Lipinski definition) is 0. The molecule has 5 heteroatoms. The van der Waals surface area contributed by atoms with Gasteiger partial charge in [-0.1, -0.05) is 18.5 Å². The van der Waals surface area contributed by atoms with Crippen molar-refractivity contribution in [2.75, 3.05) is 6.54 Å². The van der Waals surface area contributed by atoms with Crippen molar-refractivity contribution in [1.82, 2.24) is 4.90 Å². The van der Waals surface area contributed by atoms with E-state index in [4.69, 9.17) is 11.6 Å². The molecule has 0 aliphatic carbocycles. The average Bonchev–Trinajstić information content (AvgIpc) is 2.61. The summed E-state index contributed by atoms with van der Waals surface area (Å²) in [5, 5.41) is 0.544. The van der Waals surface area contributed by atoms with Gasteiger partial charge in [-0.3, -0.25) is 14.5 Å². The molecule has 1 atom stereocenters. The van der Waals surface area contributed by atoms with Gasteiger partial charge in [-0.25, -0.2) is 0 Å². The van der Waals surface area contributed by atoms with Gasteiger partial charge in [-0.15, -0.1) is 0 Å². The summed E-state index contributed by atoms with van der Waals surface area (Å²) in [6.45, 7) is 2.46. The van der Waals surface area contributed by atoms with Crippen LogP contribution in [-0.4, -0.2) is 23.3 Å². The van der Waals surface area contributed by atoms with E-state index in [9.17, 15) is 9.59 Å². The van der Waals surface area contributed by atoms with Gasteiger partial charge in [0.2, 0.25) is 5.91 Å². The van der Waals surface area contributed by atoms with Crippen LogP contribution in [0.2, 0.25) is 5.02 Å². The molecule has 1 heterocycles. The van der Waals surface area contributed by atoms with Gasteiger partial charge in [0.1, 0.15) is 0 Å². The van der Waals surface area contributed by atoms with Gasteiger partial charge in [0.15, 0.2) is 0 Å². The molecule has 1 unspecified atom stereocenters. The first-order valence-electron chi connectivity index (χ1n) is 5.29. The number of hydrogen-bond acceptors (Lipinski definition) is 2. The zero-order valence-electron chi connectivity index (χ0n) is 9.24. The van der Waals surface area contributed by atoms with Crippen LogP contribution >= 0.6 is 27.5 Å². The second-order valence-corrected chi connectivity index (χ2v) is 5.51. The van der Waals surface area contributed by atoms with Crippen molar-refractivity contribution in [3.63, 3.8) is 0 Å². The second-order valence-electron chi connectivity index (χ2n) is 4.25. The van der Waals surface area contributed by atoms with Crippen LogP contribution in [0.3, 0.4) is 0 Å². The SMILES string of the molecule is CC1CC(=O)N(C(=O)c2ccc(Cl)c(Br)c2)C1. The first-order valence-corrected chi connectivity index (χ1v) is 6.46. The Morgan fingerprint density at radius 1 is 1.53 bits per heavy atom. The fourth-order valence-corrected chi connectivity index (χ4v) is 2.36. The third kappa shape index (κ3) is 2.53. The Morgan fingerprint density at radius 2 is 2.24 bits per heavy atom. The fraction of sp³-hybridized carbons (Fsp3) is 0.333. The maximum atomic E-state index is 12.1. The normalized spacial score (nSPS) is 19.8. The lowest BCUT2D eigenvalue weighted by Gasteiger charge is -2.14. The van der Waals surface area contributed by atoms with Crippen molar-refractivity contribution < 1.29 is 9.59 Å². The molecule has 17 heavy (non-hydrogen) atoms. The Hall–Kier alpha value is -0.870. The zero-order valence-corrected chi connectivity index (χ0v) is 11.6. The van der Waals surface area contributed by atoms with Crippen molar-refractivity contribution in [1.29, 1.82) is 0 Å². The number of benzene rings is 1. The van der Waals surface area contributed by atoms with Crippen LogP contribution in [0.25, 0.3) is 0 Å². The molecule has 1 aromatic carbocycles. The van der Waals surface area contributed by atoms with Crippen LogP contribution in [0.1, 0.15) is 23.7 Å². The molecule has 0 aromatic heterocycles. The largest absolute Gasteiger partial charge is 0.278 e. The molecule has 0 spiro atoms. The van der Waals surface area contributed by atoms with Gasteiger partial charge in [0.05, 0.1) is 5.02 Å². The number of imide groups is 1. The molecule has 1 aliphatic heterocycles. The second kappa shape index (κ2) is 4.78. The molecule has 1 fully saturated rings. The molecule has 1 aliphatic rings. The van der Waals surface area contributed by atoms with E-state index in [1.54, 1.807) is 18.2 Å². The molecule has 2 amide bonds. The monoisotopic (exact) mass is 315 g/mol. The summed E-state index contributed by atoms with van der Waals surface area (Å²) in [6.07, 6.45) is 0.445. The van der Waals surface area contributed by atoms with E-state index in [2.05, 4.69) is 15.9 Å². The maximum absolute atomic E-state index is 12.1. The summed E-state index contributed by atoms with van der Waals surface area (Å²) < 4.78 is 0.657. The Bertz CT molecular complexity index is 489. The Morgan fingerprint density at radius 3 is 2.76 bits per heavy atom. The summed E-state index contributed by atoms with van der Waals surface area (Å²) in [5.41, 5.74) is 0.476. The summed E-state index contributed by atoms with van der Waals surface area (Å²) >= 11 is 9.12. The highest BCUT2D eigenvalue weighted by Crippen LogP contribution is 2.25. The smallest absolute Gasteiger partial charge is 0.260 e. The Labute approximate surface area is 113 Å². The highest BCUT2D eigenvalue weighted by molar-refractivity contribution is 9.10. The molecule has 0 N–H and O–H groups in total. The van der Waals surface area contributed by atoms with Gasteiger partial charge in [-0.05, 0) is 40.0 Å². The highest BCUT2D eigenvalue weighted by atomic mass is 79.9. The van der Waals surface area contributed by atoms with E-state index < -0.39 is 0 Å². The quantitative estimate of drug-likeness (QED) is 0.747. The van der Waals surface area contributed by atoms with Crippen molar-refractivity contribution in [2.24, 2.45) is 5.92 Å². The van der Waals surface area contributed by atoms with Crippen LogP contribution < -0.4 is 0 Å². The number of rotatable bonds is 1. The minimum absolute atomic E-state index is 0.103. The van der Waals surface area contributed by atoms with Crippen LogP contribution in [0.5, 0.6) is 0 Å². The molecule has 3 nitrogen and oxygen atoms in total. The third-order valence-corrected chi connectivity index (χ3v) is 3.94. The molecule has 0 radical (unpaired) electrons. The topological polar surface area (TPSA) is 37.4 Å². The summed E-state index contributed by atoms with van der Waals surface area (Å²) in [5.74, 6) is -0.118. The summed E-state index contributed by atoms with van der Waals surface area (Å²) in [6, 6.07) is 4.91. The predicted molar refractivity (Wildman–Crippen MR) is 69.0 cm³/mol. The zero-order chi connectivity index (χ0) is 12.6. The van der Waals surface area contributed by atoms with Crippen LogP contribution in [0.4, 0.5) is 0 Å². The van der Waals surface area contributed by atoms with Crippen LogP contribution in [0.15, 0.2) is 22.7 Å². The number of carbonyl (C=O) groups excluding carboxylic acids is 2. The molecule has 1 aromatic rings. The minimum atomic E-state index is -0.253. The third-order valence-electron chi connectivity index (χ3n) is 2.73. The number of amides is 2. The molecule has 1 saturated heterocycles. The van der Waals surface area contributed by atoms with E-state index in [0.29, 0.717) is 28.0 Å². The standard InChI is InChI=1S/C12H11BrClNO2/c1-7-4-11(16)15(6-7)12(17)8-2-3-10(14)9(13)5-8/h2-3,5,7H,4,6H2,1H3. The molecular weight excluding hydrogens is 305 g/mol. The molecule has 90 valence electrons. The first-order chi connectivity index (χ1) is 7.99. The van der Waals surface area contributed by atoms with Gasteiger partial charge in [0, 0.05) is 23.0 Å². The minimum Gasteiger partial charge on any atom is -0.278 e. The lowest BCUT2D eigenvalue weighted by atomic mass is 10.2. The van der Waals surface area contributed by atoms with Gasteiger partial charge in [-0.2, -0.15) is 0 Å². The average molecular weight is 317 g/mol. The van der Waals surface area contributed by atoms with Crippen LogP contribution in [-0.2, 0) is 4.79 Å². The lowest BCUT2D eigenvalue weighted by molar-refractivity contribution is -0.125. The molecular formula is C12H11BrClNO2. The van der Waals surface area contributed by atoms with Gasteiger partial charge in [0.25, 0.3) is 5.91 Å². The van der Waals surface area contributed by atoms with E-state index in [1.807, 2.05) is 6.92 Å². The first kappa shape index (κ1) is 12.6. The van der Waals surface area contributed by atoms with Gasteiger partial charge < -0.3 is 0 Å². The predicted octanol–water partition coefficient (Wildman–Crippen LogP) is 3.11. The number of carbonyl (C=O) groups is 2. The van der Waals surface area contributed by atoms with Gasteiger partial charge >= 0.3 is 0 Å². The fourth-order valence-electron chi connectivity index (χ4n) is 1.87. The van der Waals surface area contributed by atoms with E-state index in [1.165, 1.54) is 4.90 Å². The highest BCUT2D eigenvalue weighted by Gasteiger charge is 2.31. The van der Waals surface area contributed by atoms with Crippen molar-refractivity contribution in [3.8, 4) is 0 Å². The maximum Gasteiger partial charge on any atom is 0.260 e. The number of nitrogens with zero attached hydrogens (tertiary/aromatic N) is 1.